The molecule has 2 rings (SSSR count). The summed E-state index contributed by atoms with van der Waals surface area (Å²) >= 11 is 0. The van der Waals surface area contributed by atoms with Crippen molar-refractivity contribution in [2.75, 3.05) is 6.61 Å². The standard InChI is InChI=1S/C13H16O/c1-2-14-13-9-7-11-5-3-4-6-12(11)8-10-13/h3,8,10H,2,4,6-7,9H2,1H3. The molecule has 1 heteroatoms. The highest BCUT2D eigenvalue weighted by atomic mass is 16.5. The first-order valence-electron chi connectivity index (χ1n) is 5.37. The Labute approximate surface area is 85.5 Å². The lowest BCUT2D eigenvalue weighted by molar-refractivity contribution is 0.219. The number of rotatable bonds is 2. The van der Waals surface area contributed by atoms with Gasteiger partial charge in [0.2, 0.25) is 0 Å². The molecule has 0 saturated carbocycles. The molecule has 0 fully saturated rings. The van der Waals surface area contributed by atoms with E-state index in [4.69, 9.17) is 4.74 Å². The van der Waals surface area contributed by atoms with Gasteiger partial charge in [0, 0.05) is 6.42 Å². The Morgan fingerprint density at radius 1 is 1.29 bits per heavy atom. The van der Waals surface area contributed by atoms with Crippen LogP contribution in [0, 0.1) is 0 Å². The van der Waals surface area contributed by atoms with Crippen LogP contribution in [0.1, 0.15) is 32.6 Å². The SMILES string of the molecule is CCOC1=CC=C2CCC=C=C2CC1. The van der Waals surface area contributed by atoms with Gasteiger partial charge in [0.1, 0.15) is 0 Å². The largest absolute Gasteiger partial charge is 0.498 e. The lowest BCUT2D eigenvalue weighted by Crippen LogP contribution is -1.93. The Kier molecular flexibility index (Phi) is 2.90. The first-order valence-corrected chi connectivity index (χ1v) is 5.37. The Morgan fingerprint density at radius 3 is 3.07 bits per heavy atom. The molecule has 0 aromatic heterocycles. The molecule has 0 amide bonds. The maximum absolute atomic E-state index is 5.53. The molecule has 2 aliphatic rings. The van der Waals surface area contributed by atoms with Crippen LogP contribution < -0.4 is 0 Å². The van der Waals surface area contributed by atoms with Crippen molar-refractivity contribution in [1.82, 2.24) is 0 Å². The monoisotopic (exact) mass is 188 g/mol. The summed E-state index contributed by atoms with van der Waals surface area (Å²) in [5, 5.41) is 0. The minimum Gasteiger partial charge on any atom is -0.498 e. The third-order valence-corrected chi connectivity index (χ3v) is 2.64. The summed E-state index contributed by atoms with van der Waals surface area (Å²) in [6.45, 7) is 2.80. The molecule has 0 N–H and O–H groups in total. The summed E-state index contributed by atoms with van der Waals surface area (Å²) in [5.74, 6) is 1.11. The topological polar surface area (TPSA) is 9.23 Å². The third kappa shape index (κ3) is 2.00. The summed E-state index contributed by atoms with van der Waals surface area (Å²) in [6, 6.07) is 0. The summed E-state index contributed by atoms with van der Waals surface area (Å²) < 4.78 is 5.53. The van der Waals surface area contributed by atoms with Gasteiger partial charge in [0.25, 0.3) is 0 Å². The van der Waals surface area contributed by atoms with Gasteiger partial charge in [0.15, 0.2) is 0 Å². The third-order valence-electron chi connectivity index (χ3n) is 2.64. The average Bonchev–Trinajstić information content (AvgIpc) is 2.42. The van der Waals surface area contributed by atoms with Crippen molar-refractivity contribution in [3.63, 3.8) is 0 Å². The van der Waals surface area contributed by atoms with E-state index in [0.29, 0.717) is 0 Å². The number of fused-ring (bicyclic) bond motifs is 1. The molecule has 0 aromatic carbocycles. The summed E-state index contributed by atoms with van der Waals surface area (Å²) in [4.78, 5) is 0. The summed E-state index contributed by atoms with van der Waals surface area (Å²) in [6.07, 6.45) is 10.9. The molecule has 0 atom stereocenters. The van der Waals surface area contributed by atoms with Gasteiger partial charge in [-0.1, -0.05) is 6.08 Å². The van der Waals surface area contributed by atoms with Crippen molar-refractivity contribution in [3.8, 4) is 0 Å². The first-order chi connectivity index (χ1) is 6.90. The number of hydrogen-bond donors (Lipinski definition) is 0. The first kappa shape index (κ1) is 9.36. The van der Waals surface area contributed by atoms with Crippen molar-refractivity contribution in [2.24, 2.45) is 0 Å². The zero-order chi connectivity index (χ0) is 9.80. The van der Waals surface area contributed by atoms with E-state index in [1.54, 1.807) is 0 Å². The highest BCUT2D eigenvalue weighted by molar-refractivity contribution is 5.38. The Morgan fingerprint density at radius 2 is 2.21 bits per heavy atom. The van der Waals surface area contributed by atoms with Crippen molar-refractivity contribution in [1.29, 1.82) is 0 Å². The van der Waals surface area contributed by atoms with Crippen LogP contribution in [0.4, 0.5) is 0 Å². The maximum atomic E-state index is 5.53. The van der Waals surface area contributed by atoms with Crippen LogP contribution in [-0.2, 0) is 4.74 Å². The van der Waals surface area contributed by atoms with E-state index in [1.165, 1.54) is 11.1 Å². The van der Waals surface area contributed by atoms with E-state index >= 15 is 0 Å². The molecular formula is C13H16O. The molecule has 0 bridgehead atoms. The van der Waals surface area contributed by atoms with Crippen LogP contribution in [0.25, 0.3) is 0 Å². The minimum absolute atomic E-state index is 0.768. The lowest BCUT2D eigenvalue weighted by Gasteiger charge is -2.10. The second-order valence-corrected chi connectivity index (χ2v) is 3.62. The summed E-state index contributed by atoms with van der Waals surface area (Å²) in [7, 11) is 0. The lowest BCUT2D eigenvalue weighted by atomic mass is 9.95. The molecule has 0 aliphatic heterocycles. The van der Waals surface area contributed by atoms with E-state index < -0.39 is 0 Å². The van der Waals surface area contributed by atoms with E-state index in [2.05, 4.69) is 24.0 Å². The van der Waals surface area contributed by atoms with Crippen LogP contribution >= 0.6 is 0 Å². The van der Waals surface area contributed by atoms with Gasteiger partial charge in [-0.3, -0.25) is 0 Å². The summed E-state index contributed by atoms with van der Waals surface area (Å²) in [5.41, 5.74) is 6.18. The van der Waals surface area contributed by atoms with Crippen molar-refractivity contribution in [2.45, 2.75) is 32.6 Å². The van der Waals surface area contributed by atoms with Crippen molar-refractivity contribution in [3.05, 3.63) is 40.9 Å². The molecule has 74 valence electrons. The van der Waals surface area contributed by atoms with Gasteiger partial charge in [0.05, 0.1) is 12.4 Å². The second-order valence-electron chi connectivity index (χ2n) is 3.62. The van der Waals surface area contributed by atoms with Crippen LogP contribution in [0.5, 0.6) is 0 Å². The average molecular weight is 188 g/mol. The molecular weight excluding hydrogens is 172 g/mol. The highest BCUT2D eigenvalue weighted by Crippen LogP contribution is 2.28. The predicted octanol–water partition coefficient (Wildman–Crippen LogP) is 3.50. The number of allylic oxidation sites excluding steroid dienone is 5. The van der Waals surface area contributed by atoms with E-state index in [-0.39, 0.29) is 0 Å². The van der Waals surface area contributed by atoms with E-state index in [1.807, 2.05) is 6.92 Å². The fraction of sp³-hybridized carbons (Fsp3) is 0.462. The zero-order valence-corrected chi connectivity index (χ0v) is 8.68. The van der Waals surface area contributed by atoms with E-state index in [0.717, 1.165) is 38.0 Å². The normalized spacial score (nSPS) is 20.2. The maximum Gasteiger partial charge on any atom is 0.0963 e. The molecule has 1 nitrogen and oxygen atoms in total. The van der Waals surface area contributed by atoms with Crippen molar-refractivity contribution >= 4 is 0 Å². The Bertz CT molecular complexity index is 338. The molecule has 0 unspecified atom stereocenters. The quantitative estimate of drug-likeness (QED) is 0.603. The fourth-order valence-electron chi connectivity index (χ4n) is 1.91. The van der Waals surface area contributed by atoms with Crippen LogP contribution in [0.15, 0.2) is 40.9 Å². The van der Waals surface area contributed by atoms with E-state index in [9.17, 15) is 0 Å². The fourth-order valence-corrected chi connectivity index (χ4v) is 1.91. The smallest absolute Gasteiger partial charge is 0.0963 e. The molecule has 0 saturated heterocycles. The molecule has 0 heterocycles. The van der Waals surface area contributed by atoms with Crippen LogP contribution in [0.3, 0.4) is 0 Å². The van der Waals surface area contributed by atoms with Crippen LogP contribution in [0.2, 0.25) is 0 Å². The van der Waals surface area contributed by atoms with Crippen LogP contribution in [-0.4, -0.2) is 6.61 Å². The van der Waals surface area contributed by atoms with Gasteiger partial charge in [-0.05, 0) is 49.5 Å². The molecule has 0 spiro atoms. The van der Waals surface area contributed by atoms with Gasteiger partial charge < -0.3 is 4.74 Å². The van der Waals surface area contributed by atoms with Gasteiger partial charge >= 0.3 is 0 Å². The molecule has 0 radical (unpaired) electrons. The minimum atomic E-state index is 0.768. The number of ether oxygens (including phenoxy) is 1. The molecule has 14 heavy (non-hydrogen) atoms. The highest BCUT2D eigenvalue weighted by Gasteiger charge is 2.11. The molecule has 2 aliphatic carbocycles. The second kappa shape index (κ2) is 4.34. The Balaban J connectivity index is 2.18. The van der Waals surface area contributed by atoms with Gasteiger partial charge in [-0.25, -0.2) is 0 Å². The van der Waals surface area contributed by atoms with Gasteiger partial charge in [-0.15, -0.1) is 5.73 Å². The van der Waals surface area contributed by atoms with Gasteiger partial charge in [-0.2, -0.15) is 0 Å². The number of hydrogen-bond acceptors (Lipinski definition) is 1. The molecule has 0 aromatic rings. The predicted molar refractivity (Wildman–Crippen MR) is 57.9 cm³/mol. The van der Waals surface area contributed by atoms with Crippen molar-refractivity contribution < 1.29 is 4.74 Å². The zero-order valence-electron chi connectivity index (χ0n) is 8.68. The Hall–Kier alpha value is -1.20.